The molecule has 0 saturated heterocycles. The van der Waals surface area contributed by atoms with Crippen LogP contribution in [0.2, 0.25) is 0 Å². The van der Waals surface area contributed by atoms with Crippen LogP contribution in [0.4, 0.5) is 5.69 Å². The van der Waals surface area contributed by atoms with Crippen molar-refractivity contribution in [2.24, 2.45) is 0 Å². The van der Waals surface area contributed by atoms with Crippen LogP contribution in [0, 0.1) is 21.4 Å². The molecule has 0 atom stereocenters. The van der Waals surface area contributed by atoms with Gasteiger partial charge in [0.2, 0.25) is 0 Å². The molecule has 0 fully saturated rings. The smallest absolute Gasteiger partial charge is 0.270 e. The number of nitro benzene ring substituents is 1. The van der Waals surface area contributed by atoms with Crippen LogP contribution in [0.25, 0.3) is 17.4 Å². The number of hydrogen-bond donors (Lipinski definition) is 0. The number of ketones is 1. The van der Waals surface area contributed by atoms with E-state index in [9.17, 15) is 14.9 Å². The van der Waals surface area contributed by atoms with E-state index in [4.69, 9.17) is 9.68 Å². The van der Waals surface area contributed by atoms with Crippen LogP contribution in [0.3, 0.4) is 0 Å². The molecule has 0 N–H and O–H groups in total. The van der Waals surface area contributed by atoms with Gasteiger partial charge in [0.1, 0.15) is 11.5 Å². The molecule has 0 radical (unpaired) electrons. The third kappa shape index (κ3) is 4.19. The number of carbonyl (C=O) groups is 1. The fourth-order valence-electron chi connectivity index (χ4n) is 2.40. The summed E-state index contributed by atoms with van der Waals surface area (Å²) in [7, 11) is 0. The van der Waals surface area contributed by atoms with Gasteiger partial charge in [-0.2, -0.15) is 5.26 Å². The number of non-ortho nitro benzene ring substituents is 1. The first-order valence-electron chi connectivity index (χ1n) is 7.74. The van der Waals surface area contributed by atoms with Crippen LogP contribution in [0.5, 0.6) is 0 Å². The maximum atomic E-state index is 12.2. The zero-order chi connectivity index (χ0) is 19.4. The number of furan rings is 1. The molecule has 7 heteroatoms. The molecule has 1 aromatic heterocycles. The van der Waals surface area contributed by atoms with Crippen LogP contribution in [0.1, 0.15) is 21.7 Å². The minimum absolute atomic E-state index is 0.0255. The first-order chi connectivity index (χ1) is 13.0. The quantitative estimate of drug-likeness (QED) is 0.237. The molecule has 0 amide bonds. The molecular weight excluding hydrogens is 412 g/mol. The van der Waals surface area contributed by atoms with Gasteiger partial charge in [-0.05, 0) is 58.4 Å². The maximum Gasteiger partial charge on any atom is 0.270 e. The second kappa shape index (κ2) is 7.81. The van der Waals surface area contributed by atoms with Crippen molar-refractivity contribution in [3.8, 4) is 17.4 Å². The Kier molecular flexibility index (Phi) is 5.29. The number of halogens is 1. The molecule has 3 aromatic rings. The summed E-state index contributed by atoms with van der Waals surface area (Å²) in [5.74, 6) is 0.719. The molecule has 132 valence electrons. The highest BCUT2D eigenvalue weighted by Gasteiger charge is 2.13. The van der Waals surface area contributed by atoms with E-state index in [0.717, 1.165) is 0 Å². The lowest BCUT2D eigenvalue weighted by Gasteiger charge is -2.00. The molecular formula is C20H11BrN2O4. The summed E-state index contributed by atoms with van der Waals surface area (Å²) in [6.45, 7) is 0. The molecule has 0 aliphatic rings. The van der Waals surface area contributed by atoms with E-state index in [1.807, 2.05) is 6.07 Å². The molecule has 0 aliphatic heterocycles. The fourth-order valence-corrected chi connectivity index (χ4v) is 2.96. The third-order valence-electron chi connectivity index (χ3n) is 3.73. The predicted molar refractivity (Wildman–Crippen MR) is 103 cm³/mol. The van der Waals surface area contributed by atoms with Gasteiger partial charge in [0.25, 0.3) is 5.69 Å². The molecule has 0 saturated carbocycles. The summed E-state index contributed by atoms with van der Waals surface area (Å²) in [5.41, 5.74) is 1.46. The Hall–Kier alpha value is -3.50. The number of nitro groups is 1. The summed E-state index contributed by atoms with van der Waals surface area (Å²) >= 11 is 3.30. The van der Waals surface area contributed by atoms with E-state index in [-0.39, 0.29) is 11.5 Å². The molecule has 0 unspecified atom stereocenters. The second-order valence-corrected chi connectivity index (χ2v) is 6.37. The van der Waals surface area contributed by atoms with E-state index in [1.165, 1.54) is 30.4 Å². The summed E-state index contributed by atoms with van der Waals surface area (Å²) in [4.78, 5) is 22.5. The molecule has 3 rings (SSSR count). The summed E-state index contributed by atoms with van der Waals surface area (Å²) in [6.07, 6.45) is 2.90. The Morgan fingerprint density at radius 3 is 2.70 bits per heavy atom. The van der Waals surface area contributed by atoms with Gasteiger partial charge in [0, 0.05) is 27.7 Å². The Balaban J connectivity index is 1.80. The number of nitriles is 1. The first-order valence-corrected chi connectivity index (χ1v) is 8.54. The summed E-state index contributed by atoms with van der Waals surface area (Å²) < 4.78 is 6.22. The molecule has 6 nitrogen and oxygen atoms in total. The molecule has 0 aliphatic carbocycles. The van der Waals surface area contributed by atoms with Crippen molar-refractivity contribution >= 4 is 33.5 Å². The van der Waals surface area contributed by atoms with Gasteiger partial charge in [0.15, 0.2) is 5.78 Å². The zero-order valence-electron chi connectivity index (χ0n) is 13.8. The fraction of sp³-hybridized carbons (Fsp3) is 0. The third-order valence-corrected chi connectivity index (χ3v) is 4.39. The van der Waals surface area contributed by atoms with E-state index in [1.54, 1.807) is 36.4 Å². The molecule has 0 bridgehead atoms. The number of benzene rings is 2. The van der Waals surface area contributed by atoms with Crippen molar-refractivity contribution in [2.75, 3.05) is 0 Å². The SMILES string of the molecule is N#Cc1cccc(C(=O)C=Cc2ccc(-c3ccc([N+](=O)[O-])cc3Br)o2)c1. The van der Waals surface area contributed by atoms with Gasteiger partial charge in [0.05, 0.1) is 16.6 Å². The van der Waals surface area contributed by atoms with Crippen molar-refractivity contribution in [1.82, 2.24) is 0 Å². The number of hydrogen-bond acceptors (Lipinski definition) is 5. The van der Waals surface area contributed by atoms with Crippen molar-refractivity contribution < 1.29 is 14.1 Å². The van der Waals surface area contributed by atoms with Crippen LogP contribution in [-0.4, -0.2) is 10.7 Å². The monoisotopic (exact) mass is 422 g/mol. The first kappa shape index (κ1) is 18.3. The summed E-state index contributed by atoms with van der Waals surface area (Å²) in [5, 5.41) is 19.7. The molecule has 1 heterocycles. The number of rotatable bonds is 5. The topological polar surface area (TPSA) is 97.1 Å². The average Bonchev–Trinajstić information content (AvgIpc) is 3.14. The number of allylic oxidation sites excluding steroid dienone is 1. The molecule has 2 aromatic carbocycles. The lowest BCUT2D eigenvalue weighted by molar-refractivity contribution is -0.384. The maximum absolute atomic E-state index is 12.2. The van der Waals surface area contributed by atoms with Crippen molar-refractivity contribution in [1.29, 1.82) is 5.26 Å². The van der Waals surface area contributed by atoms with Crippen LogP contribution < -0.4 is 0 Å². The zero-order valence-corrected chi connectivity index (χ0v) is 15.3. The number of carbonyl (C=O) groups excluding carboxylic acids is 1. The highest BCUT2D eigenvalue weighted by Crippen LogP contribution is 2.32. The second-order valence-electron chi connectivity index (χ2n) is 5.51. The van der Waals surface area contributed by atoms with E-state index in [0.29, 0.717) is 32.7 Å². The standard InChI is InChI=1S/C20H11BrN2O4/c21-18-11-15(23(25)26)4-7-17(18)20-9-6-16(27-20)5-8-19(24)14-3-1-2-13(10-14)12-22/h1-11H. The molecule has 27 heavy (non-hydrogen) atoms. The van der Waals surface area contributed by atoms with Crippen LogP contribution >= 0.6 is 15.9 Å². The minimum atomic E-state index is -0.474. The van der Waals surface area contributed by atoms with Gasteiger partial charge in [-0.3, -0.25) is 14.9 Å². The van der Waals surface area contributed by atoms with Gasteiger partial charge in [-0.15, -0.1) is 0 Å². The van der Waals surface area contributed by atoms with Crippen molar-refractivity contribution in [2.45, 2.75) is 0 Å². The van der Waals surface area contributed by atoms with Gasteiger partial charge in [-0.25, -0.2) is 0 Å². The van der Waals surface area contributed by atoms with Gasteiger partial charge >= 0.3 is 0 Å². The van der Waals surface area contributed by atoms with E-state index in [2.05, 4.69) is 15.9 Å². The largest absolute Gasteiger partial charge is 0.457 e. The van der Waals surface area contributed by atoms with Gasteiger partial charge < -0.3 is 4.42 Å². The average molecular weight is 423 g/mol. The van der Waals surface area contributed by atoms with Crippen molar-refractivity contribution in [3.63, 3.8) is 0 Å². The highest BCUT2D eigenvalue weighted by molar-refractivity contribution is 9.10. The van der Waals surface area contributed by atoms with E-state index >= 15 is 0 Å². The van der Waals surface area contributed by atoms with Crippen LogP contribution in [-0.2, 0) is 0 Å². The predicted octanol–water partition coefficient (Wildman–Crippen LogP) is 5.39. The van der Waals surface area contributed by atoms with Crippen molar-refractivity contribution in [3.05, 3.63) is 92.1 Å². The van der Waals surface area contributed by atoms with E-state index < -0.39 is 4.92 Å². The normalized spacial score (nSPS) is 10.7. The lowest BCUT2D eigenvalue weighted by atomic mass is 10.1. The van der Waals surface area contributed by atoms with Gasteiger partial charge in [-0.1, -0.05) is 12.1 Å². The minimum Gasteiger partial charge on any atom is -0.457 e. The molecule has 0 spiro atoms. The highest BCUT2D eigenvalue weighted by atomic mass is 79.9. The summed E-state index contributed by atoms with van der Waals surface area (Å²) in [6, 6.07) is 16.2. The lowest BCUT2D eigenvalue weighted by Crippen LogP contribution is -1.94. The Morgan fingerprint density at radius 1 is 1.19 bits per heavy atom. The Morgan fingerprint density at radius 2 is 2.00 bits per heavy atom. The number of nitrogens with zero attached hydrogens (tertiary/aromatic N) is 2. The van der Waals surface area contributed by atoms with Crippen LogP contribution in [0.15, 0.2) is 69.6 Å². The Bertz CT molecular complexity index is 1110. The Labute approximate surface area is 162 Å².